The summed E-state index contributed by atoms with van der Waals surface area (Å²) in [6.45, 7) is 1.95. The molecule has 0 saturated heterocycles. The van der Waals surface area contributed by atoms with E-state index in [-0.39, 0.29) is 11.9 Å². The summed E-state index contributed by atoms with van der Waals surface area (Å²) >= 11 is 5.95. The Morgan fingerprint density at radius 2 is 1.88 bits per heavy atom. The molecule has 0 aliphatic heterocycles. The fourth-order valence-electron chi connectivity index (χ4n) is 3.16. The first-order valence-corrected chi connectivity index (χ1v) is 8.52. The van der Waals surface area contributed by atoms with E-state index in [9.17, 15) is 4.79 Å². The van der Waals surface area contributed by atoms with Gasteiger partial charge in [0.1, 0.15) is 11.3 Å². The molecular formula is C20H18ClNO2. The van der Waals surface area contributed by atoms with Gasteiger partial charge >= 0.3 is 0 Å². The number of amides is 1. The van der Waals surface area contributed by atoms with Crippen molar-refractivity contribution in [1.82, 2.24) is 5.32 Å². The van der Waals surface area contributed by atoms with Gasteiger partial charge in [0, 0.05) is 10.4 Å². The first-order valence-electron chi connectivity index (χ1n) is 8.14. The third-order valence-electron chi connectivity index (χ3n) is 4.80. The number of carbonyl (C=O) groups is 1. The molecule has 1 aliphatic rings. The Labute approximate surface area is 145 Å². The van der Waals surface area contributed by atoms with Crippen molar-refractivity contribution in [1.29, 1.82) is 0 Å². The molecule has 1 N–H and O–H groups in total. The van der Waals surface area contributed by atoms with Gasteiger partial charge in [0.05, 0.1) is 11.5 Å². The monoisotopic (exact) mass is 339 g/mol. The molecule has 1 atom stereocenters. The molecule has 24 heavy (non-hydrogen) atoms. The van der Waals surface area contributed by atoms with Crippen molar-refractivity contribution >= 4 is 28.5 Å². The van der Waals surface area contributed by atoms with E-state index < -0.39 is 5.41 Å². The molecule has 0 radical (unpaired) electrons. The molecule has 1 amide bonds. The first-order chi connectivity index (χ1) is 11.6. The molecule has 1 unspecified atom stereocenters. The zero-order valence-electron chi connectivity index (χ0n) is 13.4. The summed E-state index contributed by atoms with van der Waals surface area (Å²) in [5.74, 6) is 0.828. The number of rotatable bonds is 4. The Morgan fingerprint density at radius 3 is 2.54 bits per heavy atom. The highest BCUT2D eigenvalue weighted by atomic mass is 35.5. The van der Waals surface area contributed by atoms with Crippen molar-refractivity contribution < 1.29 is 9.21 Å². The maximum atomic E-state index is 12.8. The lowest BCUT2D eigenvalue weighted by molar-refractivity contribution is -0.124. The van der Waals surface area contributed by atoms with E-state index in [4.69, 9.17) is 16.0 Å². The van der Waals surface area contributed by atoms with Gasteiger partial charge < -0.3 is 9.73 Å². The van der Waals surface area contributed by atoms with Crippen LogP contribution in [0, 0.1) is 0 Å². The van der Waals surface area contributed by atoms with Crippen molar-refractivity contribution in [3.63, 3.8) is 0 Å². The Bertz CT molecular complexity index is 860. The molecule has 4 rings (SSSR count). The van der Waals surface area contributed by atoms with Crippen LogP contribution in [0.1, 0.15) is 37.1 Å². The number of hydrogen-bond donors (Lipinski definition) is 1. The number of carbonyl (C=O) groups excluding carboxylic acids is 1. The fourth-order valence-corrected chi connectivity index (χ4v) is 3.29. The van der Waals surface area contributed by atoms with Crippen LogP contribution in [-0.4, -0.2) is 5.91 Å². The molecular weight excluding hydrogens is 322 g/mol. The summed E-state index contributed by atoms with van der Waals surface area (Å²) in [4.78, 5) is 12.8. The van der Waals surface area contributed by atoms with E-state index >= 15 is 0 Å². The summed E-state index contributed by atoms with van der Waals surface area (Å²) in [5.41, 5.74) is 1.46. The fraction of sp³-hybridized carbons (Fsp3) is 0.250. The second-order valence-corrected chi connectivity index (χ2v) is 6.91. The molecule has 122 valence electrons. The molecule has 0 bridgehead atoms. The van der Waals surface area contributed by atoms with E-state index in [2.05, 4.69) is 5.32 Å². The summed E-state index contributed by atoms with van der Waals surface area (Å²) in [6.07, 6.45) is 1.74. The van der Waals surface area contributed by atoms with E-state index in [1.54, 1.807) is 0 Å². The predicted molar refractivity (Wildman–Crippen MR) is 95.1 cm³/mol. The third kappa shape index (κ3) is 2.59. The van der Waals surface area contributed by atoms with Crippen LogP contribution in [0.25, 0.3) is 11.0 Å². The normalized spacial score (nSPS) is 16.8. The minimum Gasteiger partial charge on any atom is -0.459 e. The minimum absolute atomic E-state index is 0.0535. The second kappa shape index (κ2) is 5.67. The number of halogens is 1. The van der Waals surface area contributed by atoms with Crippen molar-refractivity contribution in [2.45, 2.75) is 31.2 Å². The Hall–Kier alpha value is -2.26. The zero-order valence-corrected chi connectivity index (χ0v) is 14.1. The van der Waals surface area contributed by atoms with E-state index in [1.165, 1.54) is 0 Å². The van der Waals surface area contributed by atoms with Gasteiger partial charge in [-0.25, -0.2) is 0 Å². The lowest BCUT2D eigenvalue weighted by Gasteiger charge is -2.19. The average Bonchev–Trinajstić information content (AvgIpc) is 3.28. The molecule has 1 aliphatic carbocycles. The first kappa shape index (κ1) is 15.3. The van der Waals surface area contributed by atoms with Crippen LogP contribution in [0.4, 0.5) is 0 Å². The van der Waals surface area contributed by atoms with E-state index in [0.717, 1.165) is 35.1 Å². The quantitative estimate of drug-likeness (QED) is 0.727. The van der Waals surface area contributed by atoms with Crippen molar-refractivity contribution in [2.75, 3.05) is 0 Å². The van der Waals surface area contributed by atoms with Gasteiger partial charge in [-0.1, -0.05) is 41.9 Å². The highest BCUT2D eigenvalue weighted by molar-refractivity contribution is 6.30. The van der Waals surface area contributed by atoms with Crippen LogP contribution in [0.15, 0.2) is 59.0 Å². The number of fused-ring (bicyclic) bond motifs is 1. The van der Waals surface area contributed by atoms with Crippen LogP contribution in [0.3, 0.4) is 0 Å². The van der Waals surface area contributed by atoms with Crippen molar-refractivity contribution in [3.8, 4) is 0 Å². The Morgan fingerprint density at radius 1 is 1.17 bits per heavy atom. The van der Waals surface area contributed by atoms with E-state index in [0.29, 0.717) is 5.02 Å². The lowest BCUT2D eigenvalue weighted by Crippen LogP contribution is -2.36. The highest BCUT2D eigenvalue weighted by Gasteiger charge is 2.51. The average molecular weight is 340 g/mol. The van der Waals surface area contributed by atoms with E-state index in [1.807, 2.05) is 61.5 Å². The standard InChI is InChI=1S/C20H18ClNO2/c1-13(18-12-14-4-2-3-5-17(14)24-18)22-19(23)20(10-11-20)15-6-8-16(21)9-7-15/h2-9,12-13H,10-11H2,1H3,(H,22,23). The highest BCUT2D eigenvalue weighted by Crippen LogP contribution is 2.49. The van der Waals surface area contributed by atoms with Gasteiger partial charge in [-0.05, 0) is 49.6 Å². The topological polar surface area (TPSA) is 42.2 Å². The minimum atomic E-state index is -0.412. The molecule has 4 heteroatoms. The summed E-state index contributed by atoms with van der Waals surface area (Å²) < 4.78 is 5.85. The molecule has 0 spiro atoms. The maximum Gasteiger partial charge on any atom is 0.231 e. The van der Waals surface area contributed by atoms with Crippen molar-refractivity contribution in [2.24, 2.45) is 0 Å². The Balaban J connectivity index is 1.54. The largest absolute Gasteiger partial charge is 0.459 e. The molecule has 3 nitrogen and oxygen atoms in total. The number of para-hydroxylation sites is 1. The second-order valence-electron chi connectivity index (χ2n) is 6.47. The third-order valence-corrected chi connectivity index (χ3v) is 5.05. The lowest BCUT2D eigenvalue weighted by atomic mass is 9.94. The van der Waals surface area contributed by atoms with Gasteiger partial charge in [-0.15, -0.1) is 0 Å². The number of benzene rings is 2. The smallest absolute Gasteiger partial charge is 0.231 e. The molecule has 1 fully saturated rings. The van der Waals surface area contributed by atoms with Gasteiger partial charge in [-0.2, -0.15) is 0 Å². The molecule has 1 aromatic heterocycles. The number of nitrogens with one attached hydrogen (secondary N) is 1. The molecule has 2 aromatic carbocycles. The van der Waals surface area contributed by atoms with Gasteiger partial charge in [0.2, 0.25) is 5.91 Å². The number of hydrogen-bond acceptors (Lipinski definition) is 2. The predicted octanol–water partition coefficient (Wildman–Crippen LogP) is 5.00. The van der Waals surface area contributed by atoms with Crippen LogP contribution in [0.2, 0.25) is 5.02 Å². The molecule has 1 saturated carbocycles. The van der Waals surface area contributed by atoms with Crippen LogP contribution < -0.4 is 5.32 Å². The van der Waals surface area contributed by atoms with Crippen LogP contribution in [0.5, 0.6) is 0 Å². The van der Waals surface area contributed by atoms with Crippen LogP contribution >= 0.6 is 11.6 Å². The SMILES string of the molecule is CC(NC(=O)C1(c2ccc(Cl)cc2)CC1)c1cc2ccccc2o1. The molecule has 1 heterocycles. The Kier molecular flexibility index (Phi) is 3.61. The summed E-state index contributed by atoms with van der Waals surface area (Å²) in [5, 5.41) is 4.84. The van der Waals surface area contributed by atoms with Gasteiger partial charge in [0.15, 0.2) is 0 Å². The molecule has 3 aromatic rings. The van der Waals surface area contributed by atoms with Gasteiger partial charge in [-0.3, -0.25) is 4.79 Å². The van der Waals surface area contributed by atoms with Crippen molar-refractivity contribution in [3.05, 3.63) is 70.9 Å². The van der Waals surface area contributed by atoms with Gasteiger partial charge in [0.25, 0.3) is 0 Å². The summed E-state index contributed by atoms with van der Waals surface area (Å²) in [7, 11) is 0. The number of furan rings is 1. The van der Waals surface area contributed by atoms with Crippen LogP contribution in [-0.2, 0) is 10.2 Å². The zero-order chi connectivity index (χ0) is 16.7. The maximum absolute atomic E-state index is 12.8. The summed E-state index contributed by atoms with van der Waals surface area (Å²) in [6, 6.07) is 17.2.